The number of alkyl halides is 3. The maximum absolute atomic E-state index is 13.1. The number of rotatable bonds is 5. The molecule has 1 aliphatic rings. The fraction of sp³-hybridized carbons (Fsp3) is 0.464. The number of piperidine rings is 1. The highest BCUT2D eigenvalue weighted by atomic mass is 32.1. The Morgan fingerprint density at radius 3 is 2.53 bits per heavy atom. The lowest BCUT2D eigenvalue weighted by Crippen LogP contribution is -2.39. The van der Waals surface area contributed by atoms with Gasteiger partial charge in [-0.05, 0) is 49.1 Å². The van der Waals surface area contributed by atoms with Gasteiger partial charge in [0.1, 0.15) is 28.2 Å². The summed E-state index contributed by atoms with van der Waals surface area (Å²) in [7, 11) is 0. The first-order chi connectivity index (χ1) is 17.9. The predicted octanol–water partition coefficient (Wildman–Crippen LogP) is 6.83. The molecule has 200 valence electrons. The van der Waals surface area contributed by atoms with Crippen LogP contribution in [0.4, 0.5) is 19.0 Å². The van der Waals surface area contributed by atoms with E-state index in [0.29, 0.717) is 27.6 Å². The van der Waals surface area contributed by atoms with Gasteiger partial charge >= 0.3 is 6.18 Å². The summed E-state index contributed by atoms with van der Waals surface area (Å²) in [5.74, 6) is 1.26. The number of aromatic amines is 1. The molecule has 4 aromatic rings. The molecule has 4 heterocycles. The molecule has 0 unspecified atom stereocenters. The Hall–Kier alpha value is -3.16. The van der Waals surface area contributed by atoms with Crippen molar-refractivity contribution in [3.63, 3.8) is 0 Å². The number of fused-ring (bicyclic) bond motifs is 2. The molecule has 0 spiro atoms. The van der Waals surface area contributed by atoms with Crippen LogP contribution in [0.3, 0.4) is 0 Å². The Morgan fingerprint density at radius 2 is 1.87 bits per heavy atom. The van der Waals surface area contributed by atoms with Crippen molar-refractivity contribution in [3.05, 3.63) is 51.8 Å². The molecule has 2 N–H and O–H groups in total. The van der Waals surface area contributed by atoms with Gasteiger partial charge in [0.15, 0.2) is 0 Å². The third kappa shape index (κ3) is 5.64. The average Bonchev–Trinajstić information content (AvgIpc) is 3.44. The first kappa shape index (κ1) is 26.4. The molecule has 5 rings (SSSR count). The summed E-state index contributed by atoms with van der Waals surface area (Å²) in [6, 6.07) is 10.0. The number of aryl methyl sites for hydroxylation is 1. The summed E-state index contributed by atoms with van der Waals surface area (Å²) in [5.41, 5.74) is 3.65. The van der Waals surface area contributed by atoms with E-state index < -0.39 is 12.6 Å². The highest BCUT2D eigenvalue weighted by Crippen LogP contribution is 2.35. The number of hydrogen-bond acceptors (Lipinski definition) is 6. The maximum atomic E-state index is 13.1. The smallest absolute Gasteiger partial charge is 0.367 e. The standard InChI is InChI=1S/C28H31F3N6S/c1-16-17(5-6-23-21(16)11-19(14-32)33-23)15-37-9-7-18(8-10-37)34-24-22-12-20(13-28(29,30)31)38-25(22)36-26(35-24)27(2,3)4/h5-6,11-12,18,33H,7-10,13,15H2,1-4H3,(H,34,35,36). The van der Waals surface area contributed by atoms with Gasteiger partial charge in [0, 0.05) is 46.9 Å². The second-order valence-corrected chi connectivity index (χ2v) is 12.3. The summed E-state index contributed by atoms with van der Waals surface area (Å²) in [5, 5.41) is 14.5. The van der Waals surface area contributed by atoms with Crippen LogP contribution in [-0.2, 0) is 18.4 Å². The van der Waals surface area contributed by atoms with E-state index >= 15 is 0 Å². The highest BCUT2D eigenvalue weighted by Gasteiger charge is 2.30. The first-order valence-electron chi connectivity index (χ1n) is 12.8. The Bertz CT molecular complexity index is 1510. The van der Waals surface area contributed by atoms with E-state index in [9.17, 15) is 18.4 Å². The zero-order valence-corrected chi connectivity index (χ0v) is 22.8. The second-order valence-electron chi connectivity index (χ2n) is 11.2. The van der Waals surface area contributed by atoms with Gasteiger partial charge in [-0.15, -0.1) is 11.3 Å². The van der Waals surface area contributed by atoms with Crippen molar-refractivity contribution in [3.8, 4) is 6.07 Å². The lowest BCUT2D eigenvalue weighted by Gasteiger charge is -2.33. The molecule has 38 heavy (non-hydrogen) atoms. The fourth-order valence-electron chi connectivity index (χ4n) is 5.00. The van der Waals surface area contributed by atoms with Crippen LogP contribution in [-0.4, -0.2) is 45.2 Å². The van der Waals surface area contributed by atoms with E-state index in [0.717, 1.165) is 54.7 Å². The van der Waals surface area contributed by atoms with Gasteiger partial charge in [0.2, 0.25) is 0 Å². The van der Waals surface area contributed by atoms with E-state index in [1.165, 1.54) is 11.1 Å². The van der Waals surface area contributed by atoms with E-state index in [1.807, 2.05) is 32.9 Å². The van der Waals surface area contributed by atoms with Crippen molar-refractivity contribution in [1.29, 1.82) is 5.26 Å². The first-order valence-corrected chi connectivity index (χ1v) is 13.6. The van der Waals surface area contributed by atoms with Gasteiger partial charge < -0.3 is 10.3 Å². The summed E-state index contributed by atoms with van der Waals surface area (Å²) >= 11 is 1.10. The number of nitriles is 1. The number of nitrogens with zero attached hydrogens (tertiary/aromatic N) is 4. The van der Waals surface area contributed by atoms with Crippen LogP contribution in [0.5, 0.6) is 0 Å². The lowest BCUT2D eigenvalue weighted by atomic mass is 9.95. The normalized spacial score (nSPS) is 15.8. The van der Waals surface area contributed by atoms with E-state index in [1.54, 1.807) is 6.07 Å². The van der Waals surface area contributed by atoms with Gasteiger partial charge in [-0.25, -0.2) is 9.97 Å². The van der Waals surface area contributed by atoms with Gasteiger partial charge in [-0.3, -0.25) is 4.90 Å². The Morgan fingerprint density at radius 1 is 1.13 bits per heavy atom. The number of nitrogens with one attached hydrogen (secondary N) is 2. The average molecular weight is 541 g/mol. The molecule has 0 amide bonds. The van der Waals surface area contributed by atoms with Crippen LogP contribution < -0.4 is 5.32 Å². The lowest BCUT2D eigenvalue weighted by molar-refractivity contribution is -0.126. The van der Waals surface area contributed by atoms with Crippen LogP contribution in [0.1, 0.15) is 61.1 Å². The Balaban J connectivity index is 1.30. The van der Waals surface area contributed by atoms with E-state index in [4.69, 9.17) is 4.98 Å². The summed E-state index contributed by atoms with van der Waals surface area (Å²) in [4.78, 5) is 15.8. The van der Waals surface area contributed by atoms with E-state index in [2.05, 4.69) is 39.2 Å². The molecule has 3 aromatic heterocycles. The molecule has 1 aromatic carbocycles. The Labute approximate surface area is 223 Å². The van der Waals surface area contributed by atoms with Crippen LogP contribution in [0.25, 0.3) is 21.1 Å². The van der Waals surface area contributed by atoms with Crippen molar-refractivity contribution < 1.29 is 13.2 Å². The number of benzene rings is 1. The number of anilines is 1. The van der Waals surface area contributed by atoms with Crippen molar-refractivity contribution in [2.24, 2.45) is 0 Å². The molecular formula is C28H31F3N6S. The van der Waals surface area contributed by atoms with Crippen LogP contribution in [0.2, 0.25) is 0 Å². The topological polar surface area (TPSA) is 80.6 Å². The minimum atomic E-state index is -4.26. The minimum Gasteiger partial charge on any atom is -0.367 e. The number of thiophene rings is 1. The number of hydrogen-bond donors (Lipinski definition) is 2. The number of likely N-dealkylation sites (tertiary alicyclic amines) is 1. The number of aromatic nitrogens is 3. The van der Waals surface area contributed by atoms with Crippen molar-refractivity contribution >= 4 is 38.3 Å². The molecule has 10 heteroatoms. The SMILES string of the molecule is Cc1c(CN2CCC(Nc3nc(C(C)(C)C)nc4sc(CC(F)(F)F)cc34)CC2)ccc2[nH]c(C#N)cc12. The van der Waals surface area contributed by atoms with Crippen LogP contribution in [0, 0.1) is 18.3 Å². The van der Waals surface area contributed by atoms with E-state index in [-0.39, 0.29) is 16.3 Å². The molecular weight excluding hydrogens is 509 g/mol. The fourth-order valence-corrected chi connectivity index (χ4v) is 6.06. The molecule has 6 nitrogen and oxygen atoms in total. The monoisotopic (exact) mass is 540 g/mol. The molecule has 0 saturated carbocycles. The molecule has 0 atom stereocenters. The number of halogens is 3. The van der Waals surface area contributed by atoms with Crippen molar-refractivity contribution in [1.82, 2.24) is 19.9 Å². The minimum absolute atomic E-state index is 0.176. The summed E-state index contributed by atoms with van der Waals surface area (Å²) in [6.07, 6.45) is -3.41. The molecule has 0 bridgehead atoms. The van der Waals surface area contributed by atoms with Crippen molar-refractivity contribution in [2.45, 2.75) is 71.1 Å². The third-order valence-corrected chi connectivity index (χ3v) is 8.15. The van der Waals surface area contributed by atoms with Gasteiger partial charge in [0.05, 0.1) is 11.8 Å². The van der Waals surface area contributed by atoms with Gasteiger partial charge in [0.25, 0.3) is 0 Å². The zero-order chi connectivity index (χ0) is 27.2. The second kappa shape index (κ2) is 9.86. The third-order valence-electron chi connectivity index (χ3n) is 7.12. The Kier molecular flexibility index (Phi) is 6.86. The predicted molar refractivity (Wildman–Crippen MR) is 146 cm³/mol. The van der Waals surface area contributed by atoms with Crippen molar-refractivity contribution in [2.75, 3.05) is 18.4 Å². The quantitative estimate of drug-likeness (QED) is 0.290. The molecule has 1 fully saturated rings. The van der Waals surface area contributed by atoms with Gasteiger partial charge in [-0.2, -0.15) is 18.4 Å². The molecule has 0 aliphatic carbocycles. The summed E-state index contributed by atoms with van der Waals surface area (Å²) in [6.45, 7) is 10.8. The highest BCUT2D eigenvalue weighted by molar-refractivity contribution is 7.18. The van der Waals surface area contributed by atoms with Crippen LogP contribution >= 0.6 is 11.3 Å². The molecule has 1 aliphatic heterocycles. The maximum Gasteiger partial charge on any atom is 0.393 e. The van der Waals surface area contributed by atoms with Gasteiger partial charge in [-0.1, -0.05) is 26.8 Å². The zero-order valence-electron chi connectivity index (χ0n) is 22.0. The number of H-pyrrole nitrogens is 1. The largest absolute Gasteiger partial charge is 0.393 e. The molecule has 0 radical (unpaired) electrons. The molecule has 1 saturated heterocycles. The van der Waals surface area contributed by atoms with Crippen LogP contribution in [0.15, 0.2) is 24.3 Å². The summed E-state index contributed by atoms with van der Waals surface area (Å²) < 4.78 is 39.2.